The van der Waals surface area contributed by atoms with Gasteiger partial charge in [-0.2, -0.15) is 11.8 Å². The van der Waals surface area contributed by atoms with Gasteiger partial charge in [-0.05, 0) is 97.2 Å². The Morgan fingerprint density at radius 3 is 2.51 bits per heavy atom. The first-order valence-corrected chi connectivity index (χ1v) is 15.6. The first-order chi connectivity index (χ1) is 20.5. The Hall–Kier alpha value is -3.94. The van der Waals surface area contributed by atoms with Gasteiger partial charge in [0, 0.05) is 23.1 Å². The normalized spacial score (nSPS) is 15.0. The van der Waals surface area contributed by atoms with E-state index in [9.17, 15) is 19.8 Å². The first-order valence-electron chi connectivity index (χ1n) is 14.6. The lowest BCUT2D eigenvalue weighted by atomic mass is 9.90. The van der Waals surface area contributed by atoms with Crippen molar-refractivity contribution in [2.45, 2.75) is 56.8 Å². The van der Waals surface area contributed by atoms with Gasteiger partial charge in [0.1, 0.15) is 5.75 Å². The largest absolute Gasteiger partial charge is 0.508 e. The molecule has 1 aliphatic rings. The molecule has 1 saturated carbocycles. The van der Waals surface area contributed by atoms with Gasteiger partial charge in [-0.1, -0.05) is 60.7 Å². The monoisotopic (exact) mass is 595 g/mol. The summed E-state index contributed by atoms with van der Waals surface area (Å²) >= 11 is 1.79. The van der Waals surface area contributed by atoms with Gasteiger partial charge in [-0.3, -0.25) is 4.79 Å². The van der Waals surface area contributed by atoms with Crippen molar-refractivity contribution in [2.24, 2.45) is 5.41 Å². The van der Waals surface area contributed by atoms with Crippen LogP contribution in [0.2, 0.25) is 0 Å². The van der Waals surface area contributed by atoms with Crippen LogP contribution in [0.4, 0.5) is 0 Å². The molecule has 0 saturated heterocycles. The van der Waals surface area contributed by atoms with E-state index in [1.54, 1.807) is 37.7 Å². The van der Waals surface area contributed by atoms with Crippen molar-refractivity contribution in [3.05, 3.63) is 107 Å². The fourth-order valence-corrected chi connectivity index (χ4v) is 7.04. The number of carbonyl (C=O) groups excluding carboxylic acids is 1. The number of rotatable bonds is 13. The number of aryl methyl sites for hydroxylation is 1. The number of carboxylic acid groups (broad SMARTS) is 1. The summed E-state index contributed by atoms with van der Waals surface area (Å²) < 4.78 is 0. The highest BCUT2D eigenvalue weighted by Gasteiger charge is 2.45. The van der Waals surface area contributed by atoms with Gasteiger partial charge in [0.2, 0.25) is 5.78 Å². The third-order valence-electron chi connectivity index (χ3n) is 8.10. The summed E-state index contributed by atoms with van der Waals surface area (Å²) in [6.07, 6.45) is 7.40. The highest BCUT2D eigenvalue weighted by Crippen LogP contribution is 2.53. The van der Waals surface area contributed by atoms with Crippen LogP contribution in [0.1, 0.15) is 72.7 Å². The molecular weight excluding hydrogens is 558 g/mol. The first kappa shape index (κ1) is 30.5. The zero-order valence-electron chi connectivity index (χ0n) is 24.5. The Bertz CT molecular complexity index is 1670. The number of fused-ring (bicyclic) bond motifs is 1. The van der Waals surface area contributed by atoms with Gasteiger partial charge < -0.3 is 15.3 Å². The number of benzene rings is 3. The molecule has 1 aliphatic carbocycles. The number of carbonyl (C=O) groups is 2. The van der Waals surface area contributed by atoms with Crippen LogP contribution < -0.4 is 0 Å². The predicted octanol–water partition coefficient (Wildman–Crippen LogP) is 7.57. The quantitative estimate of drug-likeness (QED) is 0.137. The molecule has 0 spiro atoms. The number of hydrogen-bond acceptors (Lipinski definition) is 6. The van der Waals surface area contributed by atoms with Crippen LogP contribution in [-0.4, -0.2) is 37.8 Å². The standard InChI is InChI=1S/C36H37NO5S/c1-35(2,42)30-9-4-3-7-25(30)13-17-33(43-23-36(18-19-36)22-32(39)34(40)41)27-8-5-6-24(20-27)10-14-28-15-11-26-12-16-29(38)21-31(26)37-28/h3-12,14-16,20-21,33,38,42H,13,17-19,22-23H2,1-2H3,(H,40,41)/b14-10+/t33-/m1/s1. The molecule has 0 unspecified atom stereocenters. The zero-order chi connectivity index (χ0) is 30.6. The lowest BCUT2D eigenvalue weighted by Gasteiger charge is -2.24. The van der Waals surface area contributed by atoms with E-state index < -0.39 is 17.4 Å². The number of pyridine rings is 1. The number of ketones is 1. The second-order valence-electron chi connectivity index (χ2n) is 12.1. The predicted molar refractivity (Wildman–Crippen MR) is 173 cm³/mol. The fourth-order valence-electron chi connectivity index (χ4n) is 5.47. The molecule has 6 nitrogen and oxygen atoms in total. The molecule has 5 rings (SSSR count). The number of phenolic OH excluding ortho intramolecular Hbond substituents is 1. The van der Waals surface area contributed by atoms with Crippen LogP contribution in [0.15, 0.2) is 78.9 Å². The minimum atomic E-state index is -1.35. The van der Waals surface area contributed by atoms with Crippen molar-refractivity contribution in [1.29, 1.82) is 0 Å². The van der Waals surface area contributed by atoms with E-state index in [0.717, 1.165) is 70.3 Å². The number of aliphatic carboxylic acids is 1. The molecule has 3 N–H and O–H groups in total. The molecule has 222 valence electrons. The average molecular weight is 596 g/mol. The van der Waals surface area contributed by atoms with Gasteiger partial charge in [-0.25, -0.2) is 9.78 Å². The average Bonchev–Trinajstić information content (AvgIpc) is 3.74. The molecule has 0 amide bonds. The van der Waals surface area contributed by atoms with Crippen LogP contribution in [0.25, 0.3) is 23.1 Å². The summed E-state index contributed by atoms with van der Waals surface area (Å²) in [6, 6.07) is 25.5. The van der Waals surface area contributed by atoms with Crippen molar-refractivity contribution in [3.63, 3.8) is 0 Å². The summed E-state index contributed by atoms with van der Waals surface area (Å²) in [5, 5.41) is 30.8. The van der Waals surface area contributed by atoms with Crippen molar-refractivity contribution < 1.29 is 24.9 Å². The molecular formula is C36H37NO5S. The smallest absolute Gasteiger partial charge is 0.372 e. The number of Topliss-reactive ketones (excluding diaryl/α,β-unsaturated/α-hetero) is 1. The van der Waals surface area contributed by atoms with E-state index >= 15 is 0 Å². The molecule has 0 bridgehead atoms. The van der Waals surface area contributed by atoms with Gasteiger partial charge >= 0.3 is 5.97 Å². The van der Waals surface area contributed by atoms with Crippen LogP contribution in [0.3, 0.4) is 0 Å². The van der Waals surface area contributed by atoms with E-state index in [2.05, 4.69) is 23.2 Å². The van der Waals surface area contributed by atoms with Crippen molar-refractivity contribution in [3.8, 4) is 5.75 Å². The van der Waals surface area contributed by atoms with E-state index in [4.69, 9.17) is 5.11 Å². The lowest BCUT2D eigenvalue weighted by molar-refractivity contribution is -0.149. The van der Waals surface area contributed by atoms with E-state index in [1.165, 1.54) is 0 Å². The molecule has 43 heavy (non-hydrogen) atoms. The van der Waals surface area contributed by atoms with E-state index in [-0.39, 0.29) is 22.8 Å². The molecule has 1 heterocycles. The van der Waals surface area contributed by atoms with E-state index in [0.29, 0.717) is 0 Å². The number of nitrogens with zero attached hydrogens (tertiary/aromatic N) is 1. The Morgan fingerprint density at radius 2 is 1.77 bits per heavy atom. The van der Waals surface area contributed by atoms with Crippen LogP contribution in [0.5, 0.6) is 5.75 Å². The molecule has 7 heteroatoms. The third-order valence-corrected chi connectivity index (χ3v) is 9.79. The molecule has 4 aromatic rings. The Labute approximate surface area is 256 Å². The van der Waals surface area contributed by atoms with Gasteiger partial charge in [0.25, 0.3) is 0 Å². The molecule has 1 aromatic heterocycles. The Kier molecular flexibility index (Phi) is 9.04. The maximum Gasteiger partial charge on any atom is 0.372 e. The van der Waals surface area contributed by atoms with Crippen molar-refractivity contribution >= 4 is 46.6 Å². The van der Waals surface area contributed by atoms with Gasteiger partial charge in [0.05, 0.1) is 16.8 Å². The minimum Gasteiger partial charge on any atom is -0.508 e. The highest BCUT2D eigenvalue weighted by molar-refractivity contribution is 7.99. The number of carboxylic acids is 1. The number of aliphatic hydroxyl groups is 1. The van der Waals surface area contributed by atoms with Crippen molar-refractivity contribution in [2.75, 3.05) is 5.75 Å². The third kappa shape index (κ3) is 7.92. The van der Waals surface area contributed by atoms with Gasteiger partial charge in [0.15, 0.2) is 0 Å². The summed E-state index contributed by atoms with van der Waals surface area (Å²) in [6.45, 7) is 3.61. The van der Waals surface area contributed by atoms with Gasteiger partial charge in [-0.15, -0.1) is 0 Å². The Morgan fingerprint density at radius 1 is 1.00 bits per heavy atom. The van der Waals surface area contributed by atoms with Crippen LogP contribution in [0, 0.1) is 5.41 Å². The minimum absolute atomic E-state index is 0.0862. The lowest BCUT2D eigenvalue weighted by Crippen LogP contribution is -2.20. The molecule has 1 atom stereocenters. The zero-order valence-corrected chi connectivity index (χ0v) is 25.3. The summed E-state index contributed by atoms with van der Waals surface area (Å²) in [4.78, 5) is 27.9. The molecule has 1 fully saturated rings. The number of hydrogen-bond donors (Lipinski definition) is 3. The summed E-state index contributed by atoms with van der Waals surface area (Å²) in [7, 11) is 0. The van der Waals surface area contributed by atoms with Crippen LogP contribution >= 0.6 is 11.8 Å². The fraction of sp³-hybridized carbons (Fsp3) is 0.306. The topological polar surface area (TPSA) is 108 Å². The second kappa shape index (κ2) is 12.7. The van der Waals surface area contributed by atoms with E-state index in [1.807, 2.05) is 60.7 Å². The Balaban J connectivity index is 1.37. The van der Waals surface area contributed by atoms with Crippen LogP contribution in [-0.2, 0) is 21.6 Å². The summed E-state index contributed by atoms with van der Waals surface area (Å²) in [5.74, 6) is -1.16. The molecule has 3 aromatic carbocycles. The number of aromatic hydroxyl groups is 1. The maximum absolute atomic E-state index is 12.0. The number of thioether (sulfide) groups is 1. The van der Waals surface area contributed by atoms with Crippen molar-refractivity contribution in [1.82, 2.24) is 4.98 Å². The highest BCUT2D eigenvalue weighted by atomic mass is 32.2. The number of aromatic nitrogens is 1. The SMILES string of the molecule is CC(C)(O)c1ccccc1CC[C@@H](SCC1(CC(=O)C(=O)O)CC1)c1cccc(/C=C/c2ccc3ccc(O)cc3n2)c1. The second-order valence-corrected chi connectivity index (χ2v) is 13.3. The maximum atomic E-state index is 12.0. The molecule has 0 radical (unpaired) electrons. The summed E-state index contributed by atoms with van der Waals surface area (Å²) in [5.41, 5.74) is 4.53. The number of phenols is 1. The molecule has 0 aliphatic heterocycles.